The molecule has 0 saturated carbocycles. The summed E-state index contributed by atoms with van der Waals surface area (Å²) in [5, 5.41) is 0.704. The van der Waals surface area contributed by atoms with Crippen LogP contribution in [0, 0.1) is 0 Å². The van der Waals surface area contributed by atoms with Gasteiger partial charge in [-0.2, -0.15) is 0 Å². The van der Waals surface area contributed by atoms with Gasteiger partial charge in [-0.3, -0.25) is 0 Å². The Morgan fingerprint density at radius 1 is 1.08 bits per heavy atom. The van der Waals surface area contributed by atoms with Crippen LogP contribution in [0.3, 0.4) is 0 Å². The van der Waals surface area contributed by atoms with Gasteiger partial charge in [0.25, 0.3) is 0 Å². The van der Waals surface area contributed by atoms with Gasteiger partial charge in [0.2, 0.25) is 0 Å². The van der Waals surface area contributed by atoms with Crippen molar-refractivity contribution in [1.82, 2.24) is 0 Å². The lowest BCUT2D eigenvalue weighted by Gasteiger charge is -2.16. The molecule has 64 valence electrons. The van der Waals surface area contributed by atoms with Crippen molar-refractivity contribution in [3.8, 4) is 0 Å². The number of benzene rings is 1. The van der Waals surface area contributed by atoms with E-state index in [4.69, 9.17) is 17.3 Å². The zero-order valence-corrected chi connectivity index (χ0v) is 7.69. The second-order valence-corrected chi connectivity index (χ2v) is 3.76. The van der Waals surface area contributed by atoms with Crippen LogP contribution in [0.15, 0.2) is 12.1 Å². The molecular weight excluding hydrogens is 170 g/mol. The zero-order valence-electron chi connectivity index (χ0n) is 6.94. The van der Waals surface area contributed by atoms with E-state index in [0.717, 1.165) is 18.5 Å². The molecule has 0 fully saturated rings. The molecule has 1 aliphatic carbocycles. The van der Waals surface area contributed by atoms with Crippen molar-refractivity contribution < 1.29 is 0 Å². The van der Waals surface area contributed by atoms with E-state index in [1.807, 2.05) is 12.1 Å². The predicted octanol–water partition coefficient (Wildman–Crippen LogP) is 2.80. The van der Waals surface area contributed by atoms with Crippen molar-refractivity contribution in [2.75, 3.05) is 5.73 Å². The summed E-state index contributed by atoms with van der Waals surface area (Å²) in [6.45, 7) is 0. The molecule has 0 spiro atoms. The van der Waals surface area contributed by atoms with E-state index in [1.165, 1.54) is 24.0 Å². The fraction of sp³-hybridized carbons (Fsp3) is 0.400. The number of rotatable bonds is 0. The first-order valence-corrected chi connectivity index (χ1v) is 4.72. The number of hydrogen-bond acceptors (Lipinski definition) is 1. The molecule has 0 bridgehead atoms. The van der Waals surface area contributed by atoms with Crippen molar-refractivity contribution in [3.63, 3.8) is 0 Å². The summed E-state index contributed by atoms with van der Waals surface area (Å²) in [5.74, 6) is 0. The van der Waals surface area contributed by atoms with E-state index in [2.05, 4.69) is 0 Å². The fourth-order valence-electron chi connectivity index (χ4n) is 1.77. The predicted molar refractivity (Wildman–Crippen MR) is 52.5 cm³/mol. The first-order valence-electron chi connectivity index (χ1n) is 4.34. The van der Waals surface area contributed by atoms with Crippen LogP contribution in [0.5, 0.6) is 0 Å². The van der Waals surface area contributed by atoms with Crippen LogP contribution in [0.1, 0.15) is 24.0 Å². The summed E-state index contributed by atoms with van der Waals surface area (Å²) in [6, 6.07) is 4.04. The highest BCUT2D eigenvalue weighted by Gasteiger charge is 2.10. The quantitative estimate of drug-likeness (QED) is 0.612. The highest BCUT2D eigenvalue weighted by molar-refractivity contribution is 6.33. The van der Waals surface area contributed by atoms with Gasteiger partial charge in [0.1, 0.15) is 0 Å². The lowest BCUT2D eigenvalue weighted by molar-refractivity contribution is 0.686. The Kier molecular flexibility index (Phi) is 1.97. The molecule has 0 radical (unpaired) electrons. The number of nitrogens with two attached hydrogens (primary N) is 1. The molecule has 2 N–H and O–H groups in total. The lowest BCUT2D eigenvalue weighted by atomic mass is 9.91. The molecule has 1 aromatic carbocycles. The SMILES string of the molecule is Nc1cc2c(cc1Cl)CCCC2. The van der Waals surface area contributed by atoms with Gasteiger partial charge in [0, 0.05) is 0 Å². The molecule has 1 aliphatic rings. The molecule has 0 aromatic heterocycles. The van der Waals surface area contributed by atoms with E-state index in [9.17, 15) is 0 Å². The van der Waals surface area contributed by atoms with Gasteiger partial charge in [-0.15, -0.1) is 0 Å². The summed E-state index contributed by atoms with van der Waals surface area (Å²) < 4.78 is 0. The molecule has 12 heavy (non-hydrogen) atoms. The molecule has 2 rings (SSSR count). The van der Waals surface area contributed by atoms with Crippen LogP contribution in [-0.4, -0.2) is 0 Å². The largest absolute Gasteiger partial charge is 0.398 e. The Morgan fingerprint density at radius 3 is 2.33 bits per heavy atom. The maximum Gasteiger partial charge on any atom is 0.0638 e. The fourth-order valence-corrected chi connectivity index (χ4v) is 1.96. The van der Waals surface area contributed by atoms with Crippen molar-refractivity contribution in [1.29, 1.82) is 0 Å². The van der Waals surface area contributed by atoms with Gasteiger partial charge < -0.3 is 5.73 Å². The lowest BCUT2D eigenvalue weighted by Crippen LogP contribution is -2.03. The molecule has 1 aromatic rings. The summed E-state index contributed by atoms with van der Waals surface area (Å²) in [4.78, 5) is 0. The summed E-state index contributed by atoms with van der Waals surface area (Å²) >= 11 is 5.92. The van der Waals surface area contributed by atoms with Crippen LogP contribution in [0.2, 0.25) is 5.02 Å². The van der Waals surface area contributed by atoms with E-state index < -0.39 is 0 Å². The van der Waals surface area contributed by atoms with Crippen molar-refractivity contribution >= 4 is 17.3 Å². The Morgan fingerprint density at radius 2 is 1.67 bits per heavy atom. The summed E-state index contributed by atoms with van der Waals surface area (Å²) in [7, 11) is 0. The van der Waals surface area contributed by atoms with Crippen LogP contribution in [0.25, 0.3) is 0 Å². The average Bonchev–Trinajstić information content (AvgIpc) is 2.07. The average molecular weight is 182 g/mol. The number of nitrogen functional groups attached to an aromatic ring is 1. The molecule has 1 nitrogen and oxygen atoms in total. The summed E-state index contributed by atoms with van der Waals surface area (Å²) in [5.41, 5.74) is 9.21. The van der Waals surface area contributed by atoms with Gasteiger partial charge in [-0.05, 0) is 48.9 Å². The van der Waals surface area contributed by atoms with Crippen molar-refractivity contribution in [3.05, 3.63) is 28.3 Å². The summed E-state index contributed by atoms with van der Waals surface area (Å²) in [6.07, 6.45) is 4.90. The first-order chi connectivity index (χ1) is 5.77. The van der Waals surface area contributed by atoms with E-state index in [0.29, 0.717) is 5.02 Å². The minimum atomic E-state index is 0.704. The minimum absolute atomic E-state index is 0.704. The van der Waals surface area contributed by atoms with Crippen LogP contribution in [0.4, 0.5) is 5.69 Å². The van der Waals surface area contributed by atoms with Gasteiger partial charge in [-0.1, -0.05) is 11.6 Å². The third kappa shape index (κ3) is 1.29. The van der Waals surface area contributed by atoms with Crippen LogP contribution >= 0.6 is 11.6 Å². The van der Waals surface area contributed by atoms with Crippen LogP contribution in [-0.2, 0) is 12.8 Å². The zero-order chi connectivity index (χ0) is 8.55. The Hall–Kier alpha value is -0.690. The topological polar surface area (TPSA) is 26.0 Å². The third-order valence-electron chi connectivity index (χ3n) is 2.46. The monoisotopic (exact) mass is 181 g/mol. The number of anilines is 1. The van der Waals surface area contributed by atoms with Gasteiger partial charge in [0.15, 0.2) is 0 Å². The molecule has 2 heteroatoms. The highest BCUT2D eigenvalue weighted by atomic mass is 35.5. The molecule has 0 amide bonds. The Labute approximate surface area is 77.5 Å². The first kappa shape index (κ1) is 7.93. The second-order valence-electron chi connectivity index (χ2n) is 3.35. The van der Waals surface area contributed by atoms with E-state index in [1.54, 1.807) is 0 Å². The molecule has 0 saturated heterocycles. The molecule has 0 unspecified atom stereocenters. The Bertz CT molecular complexity index is 276. The molecule has 0 aliphatic heterocycles. The molecule has 0 heterocycles. The van der Waals surface area contributed by atoms with Gasteiger partial charge in [0.05, 0.1) is 10.7 Å². The number of halogens is 1. The van der Waals surface area contributed by atoms with E-state index >= 15 is 0 Å². The van der Waals surface area contributed by atoms with Crippen LogP contribution < -0.4 is 5.73 Å². The standard InChI is InChI=1S/C10H12ClN/c11-9-5-7-3-1-2-4-8(7)6-10(9)12/h5-6H,1-4,12H2. The number of fused-ring (bicyclic) bond motifs is 1. The third-order valence-corrected chi connectivity index (χ3v) is 2.79. The Balaban J connectivity index is 2.49. The van der Waals surface area contributed by atoms with Gasteiger partial charge in [-0.25, -0.2) is 0 Å². The molecular formula is C10H12ClN. The maximum absolute atomic E-state index is 5.92. The minimum Gasteiger partial charge on any atom is -0.398 e. The smallest absolute Gasteiger partial charge is 0.0638 e. The van der Waals surface area contributed by atoms with E-state index in [-0.39, 0.29) is 0 Å². The normalized spacial score (nSPS) is 15.8. The molecule has 0 atom stereocenters. The second kappa shape index (κ2) is 2.98. The maximum atomic E-state index is 5.92. The highest BCUT2D eigenvalue weighted by Crippen LogP contribution is 2.28. The van der Waals surface area contributed by atoms with Gasteiger partial charge >= 0.3 is 0 Å². The van der Waals surface area contributed by atoms with Crippen molar-refractivity contribution in [2.45, 2.75) is 25.7 Å². The number of hydrogen-bond donors (Lipinski definition) is 1. The van der Waals surface area contributed by atoms with Crippen molar-refractivity contribution in [2.24, 2.45) is 0 Å². The number of aryl methyl sites for hydroxylation is 2.